The van der Waals surface area contributed by atoms with Crippen LogP contribution in [0.3, 0.4) is 0 Å². The highest BCUT2D eigenvalue weighted by Gasteiger charge is 2.31. The van der Waals surface area contributed by atoms with Gasteiger partial charge in [0, 0.05) is 16.7 Å². The maximum atomic E-state index is 6.18. The van der Waals surface area contributed by atoms with Crippen molar-refractivity contribution in [2.75, 3.05) is 4.90 Å². The minimum absolute atomic E-state index is 0.212. The SMILES string of the molecule is CC1=C(c2cn[nH]c2)N(c2cccc(Cl)n2)C(N)S1. The van der Waals surface area contributed by atoms with E-state index in [1.165, 1.54) is 0 Å². The normalized spacial score (nSPS) is 19.3. The van der Waals surface area contributed by atoms with Crippen molar-refractivity contribution in [2.45, 2.75) is 12.4 Å². The molecule has 1 aliphatic heterocycles. The summed E-state index contributed by atoms with van der Waals surface area (Å²) >= 11 is 7.55. The van der Waals surface area contributed by atoms with Gasteiger partial charge in [-0.15, -0.1) is 0 Å². The van der Waals surface area contributed by atoms with Crippen LogP contribution in [0.25, 0.3) is 5.70 Å². The van der Waals surface area contributed by atoms with Gasteiger partial charge >= 0.3 is 0 Å². The van der Waals surface area contributed by atoms with E-state index in [1.54, 1.807) is 24.0 Å². The lowest BCUT2D eigenvalue weighted by atomic mass is 10.2. The first kappa shape index (κ1) is 12.5. The van der Waals surface area contributed by atoms with Crippen LogP contribution in [0.5, 0.6) is 0 Å². The van der Waals surface area contributed by atoms with Gasteiger partial charge in [0.15, 0.2) is 0 Å². The van der Waals surface area contributed by atoms with Crippen molar-refractivity contribution in [2.24, 2.45) is 5.73 Å². The van der Waals surface area contributed by atoms with Crippen molar-refractivity contribution in [3.8, 4) is 0 Å². The predicted octanol–water partition coefficient (Wildman–Crippen LogP) is 2.64. The molecule has 1 aliphatic rings. The highest BCUT2D eigenvalue weighted by atomic mass is 35.5. The van der Waals surface area contributed by atoms with Crippen molar-refractivity contribution in [3.05, 3.63) is 46.2 Å². The molecule has 2 aromatic heterocycles. The largest absolute Gasteiger partial charge is 0.302 e. The van der Waals surface area contributed by atoms with Crippen molar-refractivity contribution >= 4 is 34.9 Å². The molecule has 0 spiro atoms. The lowest BCUT2D eigenvalue weighted by Gasteiger charge is -2.24. The molecule has 98 valence electrons. The predicted molar refractivity (Wildman–Crippen MR) is 78.5 cm³/mol. The lowest BCUT2D eigenvalue weighted by molar-refractivity contribution is 0.916. The number of hydrogen-bond donors (Lipinski definition) is 2. The van der Waals surface area contributed by atoms with Gasteiger partial charge in [-0.05, 0) is 19.1 Å². The highest BCUT2D eigenvalue weighted by Crippen LogP contribution is 2.42. The van der Waals surface area contributed by atoms with E-state index in [0.29, 0.717) is 5.15 Å². The molecule has 0 bridgehead atoms. The third-order valence-corrected chi connectivity index (χ3v) is 4.05. The number of halogens is 1. The minimum atomic E-state index is -0.212. The Balaban J connectivity index is 2.08. The van der Waals surface area contributed by atoms with E-state index in [0.717, 1.165) is 22.0 Å². The number of pyridine rings is 1. The van der Waals surface area contributed by atoms with Crippen molar-refractivity contribution in [3.63, 3.8) is 0 Å². The number of rotatable bonds is 2. The van der Waals surface area contributed by atoms with Crippen LogP contribution in [0.1, 0.15) is 12.5 Å². The zero-order valence-corrected chi connectivity index (χ0v) is 11.7. The zero-order chi connectivity index (χ0) is 13.4. The smallest absolute Gasteiger partial charge is 0.136 e. The molecule has 3 heterocycles. The summed E-state index contributed by atoms with van der Waals surface area (Å²) in [5.74, 6) is 0.737. The van der Waals surface area contributed by atoms with Gasteiger partial charge in [0.25, 0.3) is 0 Å². The van der Waals surface area contributed by atoms with Crippen LogP contribution in [0.4, 0.5) is 5.82 Å². The molecule has 3 N–H and O–H groups in total. The fourth-order valence-electron chi connectivity index (χ4n) is 2.09. The average Bonchev–Trinajstić information content (AvgIpc) is 2.96. The number of nitrogens with two attached hydrogens (primary N) is 1. The first-order valence-corrected chi connectivity index (χ1v) is 6.96. The van der Waals surface area contributed by atoms with E-state index in [9.17, 15) is 0 Å². The fraction of sp³-hybridized carbons (Fsp3) is 0.167. The van der Waals surface area contributed by atoms with Crippen molar-refractivity contribution < 1.29 is 0 Å². The van der Waals surface area contributed by atoms with Crippen LogP contribution < -0.4 is 10.6 Å². The molecule has 0 aliphatic carbocycles. The number of aromatic amines is 1. The lowest BCUT2D eigenvalue weighted by Crippen LogP contribution is -2.35. The van der Waals surface area contributed by atoms with Gasteiger partial charge in [0.2, 0.25) is 0 Å². The van der Waals surface area contributed by atoms with Crippen LogP contribution in [0, 0.1) is 0 Å². The molecule has 0 fully saturated rings. The van der Waals surface area contributed by atoms with E-state index in [2.05, 4.69) is 15.2 Å². The summed E-state index contributed by atoms with van der Waals surface area (Å²) in [5, 5.41) is 7.26. The van der Waals surface area contributed by atoms with Gasteiger partial charge in [-0.3, -0.25) is 10.00 Å². The number of nitrogens with one attached hydrogen (secondary N) is 1. The van der Waals surface area contributed by atoms with Gasteiger partial charge < -0.3 is 5.73 Å². The molecule has 0 amide bonds. The second kappa shape index (κ2) is 4.88. The number of hydrogen-bond acceptors (Lipinski definition) is 5. The molecule has 1 atom stereocenters. The quantitative estimate of drug-likeness (QED) is 0.833. The maximum Gasteiger partial charge on any atom is 0.136 e. The Morgan fingerprint density at radius 3 is 3.00 bits per heavy atom. The number of H-pyrrole nitrogens is 1. The standard InChI is InChI=1S/C12H12ClN5S/c1-7-11(8-5-15-16-6-8)18(12(14)19-7)10-4-2-3-9(13)17-10/h2-6,12H,14H2,1H3,(H,15,16). The molecule has 7 heteroatoms. The zero-order valence-electron chi connectivity index (χ0n) is 10.2. The molecule has 1 unspecified atom stereocenters. The molecule has 5 nitrogen and oxygen atoms in total. The monoisotopic (exact) mass is 293 g/mol. The third-order valence-electron chi connectivity index (χ3n) is 2.85. The first-order chi connectivity index (χ1) is 9.16. The van der Waals surface area contributed by atoms with Crippen LogP contribution in [-0.2, 0) is 0 Å². The summed E-state index contributed by atoms with van der Waals surface area (Å²) in [4.78, 5) is 7.44. The van der Waals surface area contributed by atoms with Crippen molar-refractivity contribution in [1.82, 2.24) is 15.2 Å². The molecule has 0 saturated carbocycles. The maximum absolute atomic E-state index is 6.18. The Kier molecular flexibility index (Phi) is 3.22. The van der Waals surface area contributed by atoms with E-state index >= 15 is 0 Å². The number of aromatic nitrogens is 3. The van der Waals surface area contributed by atoms with E-state index < -0.39 is 0 Å². The van der Waals surface area contributed by atoms with Crippen LogP contribution >= 0.6 is 23.4 Å². The van der Waals surface area contributed by atoms with Gasteiger partial charge in [-0.25, -0.2) is 4.98 Å². The average molecular weight is 294 g/mol. The van der Waals surface area contributed by atoms with Crippen LogP contribution in [-0.4, -0.2) is 20.7 Å². The fourth-order valence-corrected chi connectivity index (χ4v) is 3.25. The Bertz CT molecular complexity index is 625. The van der Waals surface area contributed by atoms with E-state index in [4.69, 9.17) is 17.3 Å². The van der Waals surface area contributed by atoms with Gasteiger partial charge in [-0.1, -0.05) is 29.4 Å². The minimum Gasteiger partial charge on any atom is -0.302 e. The van der Waals surface area contributed by atoms with E-state index in [-0.39, 0.29) is 5.50 Å². The third kappa shape index (κ3) is 2.22. The Hall–Kier alpha value is -1.50. The molecular formula is C12H12ClN5S. The molecule has 0 aromatic carbocycles. The molecule has 3 rings (SSSR count). The molecule has 19 heavy (non-hydrogen) atoms. The van der Waals surface area contributed by atoms with Crippen LogP contribution in [0.2, 0.25) is 5.15 Å². The summed E-state index contributed by atoms with van der Waals surface area (Å²) in [6, 6.07) is 5.50. The summed E-state index contributed by atoms with van der Waals surface area (Å²) in [5.41, 5.74) is 7.97. The second-order valence-electron chi connectivity index (χ2n) is 4.09. The number of nitrogens with zero attached hydrogens (tertiary/aromatic N) is 3. The van der Waals surface area contributed by atoms with Gasteiger partial charge in [0.1, 0.15) is 16.5 Å². The molecule has 0 radical (unpaired) electrons. The van der Waals surface area contributed by atoms with Crippen LogP contribution in [0.15, 0.2) is 35.5 Å². The Morgan fingerprint density at radius 2 is 2.32 bits per heavy atom. The second-order valence-corrected chi connectivity index (χ2v) is 5.81. The van der Waals surface area contributed by atoms with E-state index in [1.807, 2.05) is 30.2 Å². The number of allylic oxidation sites excluding steroid dienone is 1. The van der Waals surface area contributed by atoms with Gasteiger partial charge in [0.05, 0.1) is 11.9 Å². The first-order valence-electron chi connectivity index (χ1n) is 5.71. The summed E-state index contributed by atoms with van der Waals surface area (Å²) in [6.07, 6.45) is 3.62. The summed E-state index contributed by atoms with van der Waals surface area (Å²) < 4.78 is 0. The Labute approximate surface area is 119 Å². The summed E-state index contributed by atoms with van der Waals surface area (Å²) in [7, 11) is 0. The summed E-state index contributed by atoms with van der Waals surface area (Å²) in [6.45, 7) is 2.04. The molecular weight excluding hydrogens is 282 g/mol. The number of thioether (sulfide) groups is 1. The Morgan fingerprint density at radius 1 is 1.47 bits per heavy atom. The molecule has 2 aromatic rings. The number of anilines is 1. The molecule has 0 saturated heterocycles. The van der Waals surface area contributed by atoms with Gasteiger partial charge in [-0.2, -0.15) is 5.10 Å². The highest BCUT2D eigenvalue weighted by molar-refractivity contribution is 8.04. The van der Waals surface area contributed by atoms with Crippen molar-refractivity contribution in [1.29, 1.82) is 0 Å². The topological polar surface area (TPSA) is 70.8 Å².